The van der Waals surface area contributed by atoms with Gasteiger partial charge in [0.05, 0.1) is 0 Å². The molecule has 0 radical (unpaired) electrons. The van der Waals surface area contributed by atoms with E-state index in [-0.39, 0.29) is 0 Å². The van der Waals surface area contributed by atoms with Gasteiger partial charge in [-0.25, -0.2) is 0 Å². The van der Waals surface area contributed by atoms with E-state index in [0.717, 1.165) is 6.29 Å². The Bertz CT molecular complexity index is 374. The number of hydrogen-bond acceptors (Lipinski definition) is 1. The molecule has 0 unspecified atom stereocenters. The van der Waals surface area contributed by atoms with Crippen LogP contribution >= 0.6 is 0 Å². The summed E-state index contributed by atoms with van der Waals surface area (Å²) in [7, 11) is 0. The average molecular weight is 226 g/mol. The molecule has 0 atom stereocenters. The van der Waals surface area contributed by atoms with Gasteiger partial charge in [-0.1, -0.05) is 79.0 Å². The van der Waals surface area contributed by atoms with Crippen molar-refractivity contribution in [3.8, 4) is 0 Å². The normalized spacial score (nSPS) is 13.9. The zero-order valence-corrected chi connectivity index (χ0v) is 10.1. The largest absolute Gasteiger partial charge is 0.299 e. The van der Waals surface area contributed by atoms with Gasteiger partial charge in [-0.2, -0.15) is 0 Å². The topological polar surface area (TPSA) is 17.1 Å². The molecule has 0 amide bonds. The van der Waals surface area contributed by atoms with Crippen molar-refractivity contribution in [1.82, 2.24) is 0 Å². The third-order valence-corrected chi connectivity index (χ3v) is 1.60. The van der Waals surface area contributed by atoms with Gasteiger partial charge in [0.1, 0.15) is 6.29 Å². The molecule has 1 heteroatoms. The first-order valence-corrected chi connectivity index (χ1v) is 5.48. The summed E-state index contributed by atoms with van der Waals surface area (Å²) in [5.74, 6) is 0. The molecule has 0 N–H and O–H groups in total. The number of aldehydes is 1. The van der Waals surface area contributed by atoms with E-state index in [2.05, 4.69) is 0 Å². The molecule has 0 spiro atoms. The van der Waals surface area contributed by atoms with Crippen molar-refractivity contribution in [2.45, 2.75) is 6.92 Å². The summed E-state index contributed by atoms with van der Waals surface area (Å²) in [6.07, 6.45) is 27.1. The highest BCUT2D eigenvalue weighted by Crippen LogP contribution is 1.84. The van der Waals surface area contributed by atoms with Gasteiger partial charge in [0, 0.05) is 0 Å². The van der Waals surface area contributed by atoms with Crippen LogP contribution in [0.1, 0.15) is 6.92 Å². The second kappa shape index (κ2) is 13.8. The van der Waals surface area contributed by atoms with Crippen LogP contribution in [0.25, 0.3) is 0 Å². The van der Waals surface area contributed by atoms with Crippen molar-refractivity contribution >= 4 is 6.29 Å². The first-order chi connectivity index (χ1) is 8.41. The molecule has 17 heavy (non-hydrogen) atoms. The maximum absolute atomic E-state index is 9.94. The van der Waals surface area contributed by atoms with Gasteiger partial charge in [-0.3, -0.25) is 4.79 Å². The molecule has 0 aliphatic rings. The van der Waals surface area contributed by atoms with Crippen LogP contribution in [-0.4, -0.2) is 6.29 Å². The van der Waals surface area contributed by atoms with Gasteiger partial charge in [0.25, 0.3) is 0 Å². The van der Waals surface area contributed by atoms with Crippen molar-refractivity contribution in [3.05, 3.63) is 85.1 Å². The van der Waals surface area contributed by atoms with E-state index >= 15 is 0 Å². The van der Waals surface area contributed by atoms with Gasteiger partial charge in [0.2, 0.25) is 0 Å². The highest BCUT2D eigenvalue weighted by Gasteiger charge is 1.64. The molecule has 0 saturated carbocycles. The third kappa shape index (κ3) is 13.9. The Morgan fingerprint density at radius 1 is 0.471 bits per heavy atom. The molecular weight excluding hydrogens is 208 g/mol. The van der Waals surface area contributed by atoms with Crippen molar-refractivity contribution < 1.29 is 4.79 Å². The fourth-order valence-corrected chi connectivity index (χ4v) is 0.862. The SMILES string of the molecule is CC=CC=CC=CC=CC=CC=CC=CC=O. The second-order valence-corrected chi connectivity index (χ2v) is 2.97. The van der Waals surface area contributed by atoms with E-state index in [0.29, 0.717) is 0 Å². The van der Waals surface area contributed by atoms with Crippen molar-refractivity contribution in [2.75, 3.05) is 0 Å². The van der Waals surface area contributed by atoms with E-state index in [4.69, 9.17) is 0 Å². The smallest absolute Gasteiger partial charge is 0.142 e. The summed E-state index contributed by atoms with van der Waals surface area (Å²) in [5, 5.41) is 0. The third-order valence-electron chi connectivity index (χ3n) is 1.60. The molecule has 0 aliphatic carbocycles. The summed E-state index contributed by atoms with van der Waals surface area (Å²) in [6, 6.07) is 0. The Labute approximate surface area is 104 Å². The quantitative estimate of drug-likeness (QED) is 0.363. The Kier molecular flexibility index (Phi) is 12.1. The molecular formula is C16H18O. The van der Waals surface area contributed by atoms with E-state index in [1.165, 1.54) is 6.08 Å². The number of allylic oxidation sites excluding steroid dienone is 14. The Morgan fingerprint density at radius 3 is 1.06 bits per heavy atom. The lowest BCUT2D eigenvalue weighted by Crippen LogP contribution is -1.56. The van der Waals surface area contributed by atoms with Gasteiger partial charge >= 0.3 is 0 Å². The first-order valence-electron chi connectivity index (χ1n) is 5.48. The Balaban J connectivity index is 3.80. The van der Waals surface area contributed by atoms with E-state index in [1.54, 1.807) is 12.2 Å². The fourth-order valence-electron chi connectivity index (χ4n) is 0.862. The lowest BCUT2D eigenvalue weighted by atomic mass is 10.3. The second-order valence-electron chi connectivity index (χ2n) is 2.97. The molecule has 0 fully saturated rings. The van der Waals surface area contributed by atoms with Crippen LogP contribution in [0.15, 0.2) is 85.1 Å². The number of rotatable bonds is 7. The standard InChI is InChI=1S/C16H18O/c1-2-3-4-5-6-7-8-9-10-11-12-13-14-15-16-17/h2-16H,1H3. The molecule has 0 bridgehead atoms. The van der Waals surface area contributed by atoms with Crippen LogP contribution in [0.2, 0.25) is 0 Å². The lowest BCUT2D eigenvalue weighted by molar-refractivity contribution is -0.104. The van der Waals surface area contributed by atoms with E-state index in [1.807, 2.05) is 73.8 Å². The monoisotopic (exact) mass is 226 g/mol. The summed E-state index contributed by atoms with van der Waals surface area (Å²) in [5.41, 5.74) is 0. The number of hydrogen-bond donors (Lipinski definition) is 0. The van der Waals surface area contributed by atoms with Gasteiger partial charge in [-0.15, -0.1) is 0 Å². The maximum atomic E-state index is 9.94. The molecule has 0 aromatic carbocycles. The average Bonchev–Trinajstić information content (AvgIpc) is 2.35. The van der Waals surface area contributed by atoms with Gasteiger partial charge < -0.3 is 0 Å². The number of carbonyl (C=O) groups excluding carboxylic acids is 1. The van der Waals surface area contributed by atoms with Crippen LogP contribution in [0.5, 0.6) is 0 Å². The zero-order valence-electron chi connectivity index (χ0n) is 10.1. The molecule has 0 rings (SSSR count). The molecule has 0 aromatic rings. The summed E-state index contributed by atoms with van der Waals surface area (Å²) in [6.45, 7) is 1.98. The minimum atomic E-state index is 0.750. The molecule has 0 heterocycles. The molecule has 88 valence electrons. The van der Waals surface area contributed by atoms with Crippen LogP contribution in [0, 0.1) is 0 Å². The molecule has 0 aliphatic heterocycles. The molecule has 0 saturated heterocycles. The van der Waals surface area contributed by atoms with Gasteiger partial charge in [-0.05, 0) is 13.0 Å². The predicted octanol–water partition coefficient (Wildman–Crippen LogP) is 4.10. The van der Waals surface area contributed by atoms with Crippen LogP contribution in [0.4, 0.5) is 0 Å². The Hall–Kier alpha value is -2.15. The minimum absolute atomic E-state index is 0.750. The van der Waals surface area contributed by atoms with E-state index < -0.39 is 0 Å². The lowest BCUT2D eigenvalue weighted by Gasteiger charge is -1.74. The summed E-state index contributed by atoms with van der Waals surface area (Å²) < 4.78 is 0. The summed E-state index contributed by atoms with van der Waals surface area (Å²) >= 11 is 0. The van der Waals surface area contributed by atoms with Crippen molar-refractivity contribution in [2.24, 2.45) is 0 Å². The predicted molar refractivity (Wildman–Crippen MR) is 75.7 cm³/mol. The van der Waals surface area contributed by atoms with Crippen molar-refractivity contribution in [3.63, 3.8) is 0 Å². The highest BCUT2D eigenvalue weighted by molar-refractivity contribution is 5.65. The zero-order chi connectivity index (χ0) is 12.6. The van der Waals surface area contributed by atoms with Crippen LogP contribution in [0.3, 0.4) is 0 Å². The molecule has 0 aromatic heterocycles. The van der Waals surface area contributed by atoms with Gasteiger partial charge in [0.15, 0.2) is 0 Å². The molecule has 1 nitrogen and oxygen atoms in total. The van der Waals surface area contributed by atoms with E-state index in [9.17, 15) is 4.79 Å². The van der Waals surface area contributed by atoms with Crippen LogP contribution < -0.4 is 0 Å². The minimum Gasteiger partial charge on any atom is -0.299 e. The summed E-state index contributed by atoms with van der Waals surface area (Å²) in [4.78, 5) is 9.94. The van der Waals surface area contributed by atoms with Crippen molar-refractivity contribution in [1.29, 1.82) is 0 Å². The fraction of sp³-hybridized carbons (Fsp3) is 0.0625. The Morgan fingerprint density at radius 2 is 0.765 bits per heavy atom. The highest BCUT2D eigenvalue weighted by atomic mass is 16.1. The first kappa shape index (κ1) is 14.8. The van der Waals surface area contributed by atoms with Crippen LogP contribution in [-0.2, 0) is 4.79 Å². The number of carbonyl (C=O) groups is 1. The maximum Gasteiger partial charge on any atom is 0.142 e.